The lowest BCUT2D eigenvalue weighted by Gasteiger charge is -2.06. The summed E-state index contributed by atoms with van der Waals surface area (Å²) in [5, 5.41) is 2.73. The van der Waals surface area contributed by atoms with E-state index in [4.69, 9.17) is 0 Å². The first-order valence-electron chi connectivity index (χ1n) is 6.13. The second-order valence-electron chi connectivity index (χ2n) is 4.53. The Hall–Kier alpha value is -2.68. The van der Waals surface area contributed by atoms with Gasteiger partial charge in [-0.2, -0.15) is 0 Å². The summed E-state index contributed by atoms with van der Waals surface area (Å²) in [6.07, 6.45) is 1.79. The molecule has 2 heterocycles. The number of para-hydroxylation sites is 1. The average molecular weight is 246 g/mol. The highest BCUT2D eigenvalue weighted by Gasteiger charge is 2.07. The summed E-state index contributed by atoms with van der Waals surface area (Å²) < 4.78 is 1.62. The van der Waals surface area contributed by atoms with Crippen LogP contribution in [-0.2, 0) is 0 Å². The third-order valence-corrected chi connectivity index (χ3v) is 3.41. The molecule has 0 saturated heterocycles. The molecule has 0 atom stereocenters. The van der Waals surface area contributed by atoms with Crippen molar-refractivity contribution in [3.63, 3.8) is 0 Å². The van der Waals surface area contributed by atoms with E-state index in [2.05, 4.69) is 4.98 Å². The maximum atomic E-state index is 12.5. The normalized spacial score (nSPS) is 11.4. The van der Waals surface area contributed by atoms with Gasteiger partial charge in [-0.05, 0) is 23.6 Å². The number of hydrogen-bond donors (Lipinski definition) is 0. The smallest absolute Gasteiger partial charge is 0.265 e. The molecule has 4 rings (SSSR count). The number of benzene rings is 2. The molecule has 0 aliphatic rings. The van der Waals surface area contributed by atoms with Gasteiger partial charge in [0.05, 0.1) is 10.9 Å². The van der Waals surface area contributed by atoms with E-state index >= 15 is 0 Å². The summed E-state index contributed by atoms with van der Waals surface area (Å²) in [5.74, 6) is 0. The van der Waals surface area contributed by atoms with Crippen LogP contribution in [0.5, 0.6) is 0 Å². The van der Waals surface area contributed by atoms with Gasteiger partial charge >= 0.3 is 0 Å². The lowest BCUT2D eigenvalue weighted by Crippen LogP contribution is -2.15. The molecule has 3 heteroatoms. The highest BCUT2D eigenvalue weighted by Crippen LogP contribution is 2.18. The van der Waals surface area contributed by atoms with Crippen LogP contribution >= 0.6 is 0 Å². The van der Waals surface area contributed by atoms with Gasteiger partial charge in [0.25, 0.3) is 5.56 Å². The van der Waals surface area contributed by atoms with Gasteiger partial charge in [0.15, 0.2) is 0 Å². The molecule has 0 unspecified atom stereocenters. The van der Waals surface area contributed by atoms with Gasteiger partial charge < -0.3 is 0 Å². The molecule has 3 nitrogen and oxygen atoms in total. The molecule has 0 bridgehead atoms. The van der Waals surface area contributed by atoms with Crippen molar-refractivity contribution in [2.45, 2.75) is 0 Å². The molecule has 0 amide bonds. The number of rotatable bonds is 0. The lowest BCUT2D eigenvalue weighted by molar-refractivity contribution is 1.09. The largest absolute Gasteiger partial charge is 0.268 e. The van der Waals surface area contributed by atoms with Gasteiger partial charge in [0.1, 0.15) is 5.65 Å². The second kappa shape index (κ2) is 3.65. The summed E-state index contributed by atoms with van der Waals surface area (Å²) >= 11 is 0. The summed E-state index contributed by atoms with van der Waals surface area (Å²) in [6, 6.07) is 17.4. The van der Waals surface area contributed by atoms with E-state index in [1.54, 1.807) is 10.6 Å². The van der Waals surface area contributed by atoms with Crippen LogP contribution in [-0.4, -0.2) is 9.38 Å². The Kier molecular flexibility index (Phi) is 1.97. The van der Waals surface area contributed by atoms with Crippen molar-refractivity contribution in [1.29, 1.82) is 0 Å². The monoisotopic (exact) mass is 246 g/mol. The van der Waals surface area contributed by atoms with E-state index in [0.717, 1.165) is 16.3 Å². The van der Waals surface area contributed by atoms with Crippen LogP contribution in [0.15, 0.2) is 65.6 Å². The molecule has 0 N–H and O–H groups in total. The summed E-state index contributed by atoms with van der Waals surface area (Å²) in [5.41, 5.74) is 1.43. The van der Waals surface area contributed by atoms with Crippen LogP contribution in [0.1, 0.15) is 0 Å². The van der Waals surface area contributed by atoms with E-state index in [1.807, 2.05) is 54.6 Å². The lowest BCUT2D eigenvalue weighted by atomic mass is 10.1. The second-order valence-corrected chi connectivity index (χ2v) is 4.53. The molecule has 4 aromatic rings. The fraction of sp³-hybridized carbons (Fsp3) is 0. The quantitative estimate of drug-likeness (QED) is 0.353. The molecule has 19 heavy (non-hydrogen) atoms. The van der Waals surface area contributed by atoms with Gasteiger partial charge in [-0.15, -0.1) is 0 Å². The van der Waals surface area contributed by atoms with Gasteiger partial charge in [0.2, 0.25) is 0 Å². The van der Waals surface area contributed by atoms with Crippen molar-refractivity contribution in [1.82, 2.24) is 9.38 Å². The van der Waals surface area contributed by atoms with Gasteiger partial charge in [-0.25, -0.2) is 4.98 Å². The molecular formula is C16H10N2O. The SMILES string of the molecule is O=c1c2ccccc2nc2c3ccccc3ccn12. The number of nitrogens with zero attached hydrogens (tertiary/aromatic N) is 2. The van der Waals surface area contributed by atoms with E-state index < -0.39 is 0 Å². The van der Waals surface area contributed by atoms with E-state index in [1.165, 1.54) is 0 Å². The van der Waals surface area contributed by atoms with Crippen LogP contribution in [0.4, 0.5) is 0 Å². The molecule has 0 spiro atoms. The van der Waals surface area contributed by atoms with Crippen molar-refractivity contribution in [2.24, 2.45) is 0 Å². The number of aromatic nitrogens is 2. The van der Waals surface area contributed by atoms with Crippen molar-refractivity contribution < 1.29 is 0 Å². The zero-order valence-electron chi connectivity index (χ0n) is 10.1. The first-order chi connectivity index (χ1) is 9.34. The Labute approximate surface area is 108 Å². The highest BCUT2D eigenvalue weighted by molar-refractivity contribution is 5.95. The van der Waals surface area contributed by atoms with Gasteiger partial charge in [0, 0.05) is 11.6 Å². The molecule has 2 aromatic heterocycles. The first-order valence-corrected chi connectivity index (χ1v) is 6.13. The molecule has 90 valence electrons. The Balaban J connectivity index is 2.36. The maximum absolute atomic E-state index is 12.5. The summed E-state index contributed by atoms with van der Waals surface area (Å²) in [7, 11) is 0. The standard InChI is InChI=1S/C16H10N2O/c19-16-13-7-3-4-8-14(13)17-15-12-6-2-1-5-11(12)9-10-18(15)16/h1-10H. The van der Waals surface area contributed by atoms with Crippen molar-refractivity contribution >= 4 is 27.3 Å². The predicted molar refractivity (Wildman–Crippen MR) is 76.5 cm³/mol. The summed E-state index contributed by atoms with van der Waals surface area (Å²) in [4.78, 5) is 17.1. The Morgan fingerprint density at radius 3 is 2.47 bits per heavy atom. The summed E-state index contributed by atoms with van der Waals surface area (Å²) in [6.45, 7) is 0. The van der Waals surface area contributed by atoms with Gasteiger partial charge in [-0.1, -0.05) is 36.4 Å². The minimum Gasteiger partial charge on any atom is -0.268 e. The van der Waals surface area contributed by atoms with Crippen molar-refractivity contribution in [3.05, 3.63) is 71.1 Å². The number of hydrogen-bond acceptors (Lipinski definition) is 2. The Morgan fingerprint density at radius 1 is 0.842 bits per heavy atom. The Bertz CT molecular complexity index is 986. The fourth-order valence-electron chi connectivity index (χ4n) is 2.48. The van der Waals surface area contributed by atoms with Crippen LogP contribution in [0, 0.1) is 0 Å². The minimum atomic E-state index is -0.0219. The van der Waals surface area contributed by atoms with Crippen LogP contribution in [0.25, 0.3) is 27.3 Å². The molecule has 0 fully saturated rings. The molecule has 2 aromatic carbocycles. The first kappa shape index (κ1) is 10.3. The molecular weight excluding hydrogens is 236 g/mol. The predicted octanol–water partition coefficient (Wildman–Crippen LogP) is 3.00. The maximum Gasteiger partial charge on any atom is 0.265 e. The fourth-order valence-corrected chi connectivity index (χ4v) is 2.48. The van der Waals surface area contributed by atoms with Crippen molar-refractivity contribution in [3.8, 4) is 0 Å². The van der Waals surface area contributed by atoms with Gasteiger partial charge in [-0.3, -0.25) is 9.20 Å². The molecule has 0 saturated carbocycles. The van der Waals surface area contributed by atoms with Crippen LogP contribution in [0.3, 0.4) is 0 Å². The number of pyridine rings is 1. The molecule has 0 aliphatic carbocycles. The minimum absolute atomic E-state index is 0.0219. The van der Waals surface area contributed by atoms with Crippen LogP contribution in [0.2, 0.25) is 0 Å². The number of fused-ring (bicyclic) bond motifs is 4. The van der Waals surface area contributed by atoms with E-state index in [-0.39, 0.29) is 5.56 Å². The third kappa shape index (κ3) is 1.38. The van der Waals surface area contributed by atoms with E-state index in [9.17, 15) is 4.79 Å². The molecule has 0 aliphatic heterocycles. The zero-order valence-corrected chi connectivity index (χ0v) is 10.1. The van der Waals surface area contributed by atoms with E-state index in [0.29, 0.717) is 11.0 Å². The van der Waals surface area contributed by atoms with Crippen molar-refractivity contribution in [2.75, 3.05) is 0 Å². The zero-order chi connectivity index (χ0) is 12.8. The third-order valence-electron chi connectivity index (χ3n) is 3.41. The van der Waals surface area contributed by atoms with Crippen LogP contribution < -0.4 is 5.56 Å². The molecule has 0 radical (unpaired) electrons. The average Bonchev–Trinajstić information content (AvgIpc) is 2.47. The highest BCUT2D eigenvalue weighted by atomic mass is 16.1. The topological polar surface area (TPSA) is 34.4 Å². The Morgan fingerprint density at radius 2 is 1.58 bits per heavy atom.